The smallest absolute Gasteiger partial charge is 0.280 e. The first-order valence-electron chi connectivity index (χ1n) is 11.4. The number of hydrogen-bond acceptors (Lipinski definition) is 7. The summed E-state index contributed by atoms with van der Waals surface area (Å²) >= 11 is 12.2. The van der Waals surface area contributed by atoms with Crippen LogP contribution in [0.15, 0.2) is 65.3 Å². The standard InChI is InChI=1S/C27H23Cl2N3O6/c1-15(2)26-20(27(33)31(30-26)17-5-8-21(28)22(29)13-17)12-16-11-18(6-9-23(16)32(34)35)38-19-7-10-24(36-3)25(14-19)37-4/h5-15H,1-4H3/b20-12+. The Morgan fingerprint density at radius 2 is 1.63 bits per heavy atom. The van der Waals surface area contributed by atoms with Crippen LogP contribution in [0.1, 0.15) is 19.4 Å². The van der Waals surface area contributed by atoms with Crippen molar-refractivity contribution in [1.82, 2.24) is 0 Å². The van der Waals surface area contributed by atoms with E-state index in [9.17, 15) is 14.9 Å². The van der Waals surface area contributed by atoms with E-state index < -0.39 is 10.8 Å². The van der Waals surface area contributed by atoms with E-state index in [2.05, 4.69) is 5.10 Å². The number of ether oxygens (including phenoxy) is 3. The lowest BCUT2D eigenvalue weighted by Crippen LogP contribution is -2.21. The van der Waals surface area contributed by atoms with Gasteiger partial charge in [0.25, 0.3) is 11.6 Å². The van der Waals surface area contributed by atoms with Gasteiger partial charge in [0.05, 0.1) is 51.7 Å². The number of carbonyl (C=O) groups excluding carboxylic acids is 1. The number of nitro benzene ring substituents is 1. The second-order valence-electron chi connectivity index (χ2n) is 8.51. The van der Waals surface area contributed by atoms with Gasteiger partial charge in [-0.3, -0.25) is 14.9 Å². The summed E-state index contributed by atoms with van der Waals surface area (Å²) in [6.07, 6.45) is 1.46. The van der Waals surface area contributed by atoms with Gasteiger partial charge in [-0.1, -0.05) is 37.0 Å². The van der Waals surface area contributed by atoms with Gasteiger partial charge in [-0.2, -0.15) is 10.1 Å². The number of benzene rings is 3. The minimum atomic E-state index is -0.519. The van der Waals surface area contributed by atoms with Crippen molar-refractivity contribution in [2.24, 2.45) is 11.0 Å². The summed E-state index contributed by atoms with van der Waals surface area (Å²) in [4.78, 5) is 24.8. The van der Waals surface area contributed by atoms with Crippen LogP contribution in [0.25, 0.3) is 6.08 Å². The van der Waals surface area contributed by atoms with E-state index in [4.69, 9.17) is 37.4 Å². The topological polar surface area (TPSA) is 103 Å². The zero-order valence-electron chi connectivity index (χ0n) is 20.9. The number of hydrogen-bond donors (Lipinski definition) is 0. The summed E-state index contributed by atoms with van der Waals surface area (Å²) in [7, 11) is 3.03. The van der Waals surface area contributed by atoms with Crippen LogP contribution in [-0.2, 0) is 4.79 Å². The Labute approximate surface area is 229 Å². The Morgan fingerprint density at radius 3 is 2.26 bits per heavy atom. The molecule has 11 heteroatoms. The highest BCUT2D eigenvalue weighted by Crippen LogP contribution is 2.36. The molecule has 38 heavy (non-hydrogen) atoms. The van der Waals surface area contributed by atoms with Crippen LogP contribution >= 0.6 is 23.2 Å². The maximum atomic E-state index is 13.4. The predicted octanol–water partition coefficient (Wildman–Crippen LogP) is 7.15. The van der Waals surface area contributed by atoms with Crippen LogP contribution < -0.4 is 19.2 Å². The van der Waals surface area contributed by atoms with Crippen molar-refractivity contribution in [3.63, 3.8) is 0 Å². The first kappa shape index (κ1) is 27.0. The molecule has 0 saturated heterocycles. The average Bonchev–Trinajstić information content (AvgIpc) is 3.21. The van der Waals surface area contributed by atoms with Crippen LogP contribution in [-0.4, -0.2) is 30.8 Å². The van der Waals surface area contributed by atoms with Crippen LogP contribution in [0, 0.1) is 16.0 Å². The molecule has 0 fully saturated rings. The van der Waals surface area contributed by atoms with Gasteiger partial charge in [0.2, 0.25) is 0 Å². The monoisotopic (exact) mass is 555 g/mol. The van der Waals surface area contributed by atoms with E-state index in [-0.39, 0.29) is 27.8 Å². The molecule has 0 aromatic heterocycles. The predicted molar refractivity (Wildman–Crippen MR) is 147 cm³/mol. The maximum Gasteiger partial charge on any atom is 0.280 e. The van der Waals surface area contributed by atoms with E-state index >= 15 is 0 Å². The number of hydrazone groups is 1. The minimum Gasteiger partial charge on any atom is -0.493 e. The molecular weight excluding hydrogens is 533 g/mol. The Balaban J connectivity index is 1.75. The molecule has 1 amide bonds. The lowest BCUT2D eigenvalue weighted by molar-refractivity contribution is -0.385. The van der Waals surface area contributed by atoms with E-state index in [1.807, 2.05) is 13.8 Å². The summed E-state index contributed by atoms with van der Waals surface area (Å²) in [5.74, 6) is 1.15. The fraction of sp³-hybridized carbons (Fsp3) is 0.185. The van der Waals surface area contributed by atoms with Crippen LogP contribution in [0.4, 0.5) is 11.4 Å². The zero-order valence-corrected chi connectivity index (χ0v) is 22.4. The molecule has 0 unspecified atom stereocenters. The molecule has 9 nitrogen and oxygen atoms in total. The van der Waals surface area contributed by atoms with Crippen molar-refractivity contribution in [1.29, 1.82) is 0 Å². The second-order valence-corrected chi connectivity index (χ2v) is 9.32. The fourth-order valence-electron chi connectivity index (χ4n) is 3.83. The molecule has 0 radical (unpaired) electrons. The molecule has 0 bridgehead atoms. The van der Waals surface area contributed by atoms with Crippen molar-refractivity contribution >= 4 is 52.3 Å². The Hall–Kier alpha value is -4.08. The molecule has 1 heterocycles. The van der Waals surface area contributed by atoms with Crippen molar-refractivity contribution in [2.45, 2.75) is 13.8 Å². The van der Waals surface area contributed by atoms with Crippen LogP contribution in [0.3, 0.4) is 0 Å². The third-order valence-corrected chi connectivity index (χ3v) is 6.43. The van der Waals surface area contributed by atoms with Gasteiger partial charge in [-0.25, -0.2) is 0 Å². The number of amides is 1. The van der Waals surface area contributed by atoms with E-state index in [0.29, 0.717) is 39.4 Å². The van der Waals surface area contributed by atoms with Crippen molar-refractivity contribution in [3.8, 4) is 23.0 Å². The molecule has 0 saturated carbocycles. The molecule has 1 aliphatic heterocycles. The van der Waals surface area contributed by atoms with Crippen molar-refractivity contribution in [2.75, 3.05) is 19.2 Å². The highest BCUT2D eigenvalue weighted by atomic mass is 35.5. The Bertz CT molecular complexity index is 1490. The first-order valence-corrected chi connectivity index (χ1v) is 12.2. The molecular formula is C27H23Cl2N3O6. The largest absolute Gasteiger partial charge is 0.493 e. The van der Waals surface area contributed by atoms with Gasteiger partial charge >= 0.3 is 0 Å². The van der Waals surface area contributed by atoms with Gasteiger partial charge in [0.1, 0.15) is 11.5 Å². The molecule has 0 spiro atoms. The van der Waals surface area contributed by atoms with E-state index in [0.717, 1.165) is 0 Å². The van der Waals surface area contributed by atoms with Crippen LogP contribution in [0.5, 0.6) is 23.0 Å². The van der Waals surface area contributed by atoms with Gasteiger partial charge in [0, 0.05) is 12.1 Å². The average molecular weight is 556 g/mol. The van der Waals surface area contributed by atoms with E-state index in [1.54, 1.807) is 30.3 Å². The summed E-state index contributed by atoms with van der Waals surface area (Å²) in [6.45, 7) is 3.76. The normalized spacial score (nSPS) is 14.2. The molecule has 0 aliphatic carbocycles. The number of halogens is 2. The van der Waals surface area contributed by atoms with E-state index in [1.165, 1.54) is 49.6 Å². The molecule has 1 aliphatic rings. The molecule has 3 aromatic rings. The SMILES string of the molecule is COc1ccc(Oc2ccc([N+](=O)[O-])c(/C=C3/C(=O)N(c4ccc(Cl)c(Cl)c4)N=C3C(C)C)c2)cc1OC. The number of carbonyl (C=O) groups is 1. The summed E-state index contributed by atoms with van der Waals surface area (Å²) < 4.78 is 16.5. The zero-order chi connectivity index (χ0) is 27.6. The van der Waals surface area contributed by atoms with Crippen molar-refractivity contribution in [3.05, 3.63) is 85.9 Å². The highest BCUT2D eigenvalue weighted by molar-refractivity contribution is 6.42. The Morgan fingerprint density at radius 1 is 0.947 bits per heavy atom. The summed E-state index contributed by atoms with van der Waals surface area (Å²) in [5, 5.41) is 18.1. The van der Waals surface area contributed by atoms with Gasteiger partial charge in [-0.05, 0) is 54.5 Å². The lowest BCUT2D eigenvalue weighted by Gasteiger charge is -2.12. The second kappa shape index (κ2) is 11.1. The third-order valence-electron chi connectivity index (χ3n) is 5.69. The fourth-order valence-corrected chi connectivity index (χ4v) is 4.13. The molecule has 3 aromatic carbocycles. The number of nitrogens with zero attached hydrogens (tertiary/aromatic N) is 3. The van der Waals surface area contributed by atoms with Gasteiger partial charge in [0.15, 0.2) is 11.5 Å². The number of nitro groups is 1. The lowest BCUT2D eigenvalue weighted by atomic mass is 9.97. The summed E-state index contributed by atoms with van der Waals surface area (Å²) in [5.41, 5.74) is 1.10. The molecule has 4 rings (SSSR count). The van der Waals surface area contributed by atoms with Gasteiger partial charge in [-0.15, -0.1) is 0 Å². The van der Waals surface area contributed by atoms with Crippen molar-refractivity contribution < 1.29 is 23.9 Å². The maximum absolute atomic E-state index is 13.4. The first-order chi connectivity index (χ1) is 18.1. The number of methoxy groups -OCH3 is 2. The molecule has 196 valence electrons. The number of anilines is 1. The Kier molecular flexibility index (Phi) is 7.89. The third kappa shape index (κ3) is 5.44. The quantitative estimate of drug-likeness (QED) is 0.166. The number of rotatable bonds is 8. The minimum absolute atomic E-state index is 0.150. The summed E-state index contributed by atoms with van der Waals surface area (Å²) in [6, 6.07) is 14.0. The molecule has 0 atom stereocenters. The van der Waals surface area contributed by atoms with Crippen LogP contribution in [0.2, 0.25) is 10.0 Å². The van der Waals surface area contributed by atoms with Gasteiger partial charge < -0.3 is 14.2 Å². The highest BCUT2D eigenvalue weighted by Gasteiger charge is 2.33. The molecule has 0 N–H and O–H groups in total.